The van der Waals surface area contributed by atoms with E-state index in [4.69, 9.17) is 0 Å². The zero-order valence-corrected chi connectivity index (χ0v) is 20.4. The molecule has 1 aliphatic carbocycles. The lowest BCUT2D eigenvalue weighted by molar-refractivity contribution is 1.27. The standard InChI is InChI=1S/C19H12.C18H12/c1-2-8-15-14(7-1)16-9-3-5-12-11-13-6-4-10-17(15)19(13)18(12)16;1-2-8-14-13(7-1)15-9-3-4-11-17(15)18-12-6-5-10-16(14)18/h1-10H,11H2;1-12H. The molecule has 37 heavy (non-hydrogen) atoms. The molecule has 8 aromatic carbocycles. The minimum Gasteiger partial charge on any atom is -0.0616 e. The number of hydrogen-bond acceptors (Lipinski definition) is 0. The van der Waals surface area contributed by atoms with E-state index in [0.29, 0.717) is 0 Å². The monoisotopic (exact) mass is 468 g/mol. The van der Waals surface area contributed by atoms with Gasteiger partial charge in [0.1, 0.15) is 0 Å². The predicted molar refractivity (Wildman–Crippen MR) is 161 cm³/mol. The first-order chi connectivity index (χ1) is 18.4. The highest BCUT2D eigenvalue weighted by atomic mass is 14.2. The Labute approximate surface area is 215 Å². The summed E-state index contributed by atoms with van der Waals surface area (Å²) in [6.07, 6.45) is 1.08. The van der Waals surface area contributed by atoms with Crippen molar-refractivity contribution >= 4 is 64.6 Å². The van der Waals surface area contributed by atoms with Gasteiger partial charge < -0.3 is 0 Å². The summed E-state index contributed by atoms with van der Waals surface area (Å²) in [4.78, 5) is 0. The number of rotatable bonds is 0. The maximum Gasteiger partial charge on any atom is -0.00130 e. The van der Waals surface area contributed by atoms with E-state index < -0.39 is 0 Å². The molecular weight excluding hydrogens is 444 g/mol. The first kappa shape index (κ1) is 20.5. The molecule has 0 fully saturated rings. The van der Waals surface area contributed by atoms with Crippen molar-refractivity contribution in [1.29, 1.82) is 0 Å². The largest absolute Gasteiger partial charge is 0.0616 e. The van der Waals surface area contributed by atoms with E-state index in [1.54, 1.807) is 0 Å². The molecule has 1 aliphatic rings. The Morgan fingerprint density at radius 3 is 0.784 bits per heavy atom. The average molecular weight is 469 g/mol. The van der Waals surface area contributed by atoms with Crippen LogP contribution in [0.3, 0.4) is 0 Å². The van der Waals surface area contributed by atoms with E-state index >= 15 is 0 Å². The SMILES string of the molecule is c1ccc2c(c1)c1cccc3c1c1c(cccc21)C3.c1ccc2c(c1)c1ccccc1c1ccccc21. The molecule has 8 aromatic rings. The Hall–Kier alpha value is -4.68. The van der Waals surface area contributed by atoms with Crippen LogP contribution < -0.4 is 0 Å². The van der Waals surface area contributed by atoms with Crippen molar-refractivity contribution in [2.45, 2.75) is 6.42 Å². The average Bonchev–Trinajstić information content (AvgIpc) is 3.37. The molecule has 0 saturated carbocycles. The van der Waals surface area contributed by atoms with Crippen LogP contribution in [-0.4, -0.2) is 0 Å². The van der Waals surface area contributed by atoms with E-state index in [-0.39, 0.29) is 0 Å². The summed E-state index contributed by atoms with van der Waals surface area (Å²) in [6.45, 7) is 0. The molecule has 0 heterocycles. The molecule has 9 rings (SSSR count). The van der Waals surface area contributed by atoms with E-state index in [2.05, 4.69) is 133 Å². The molecule has 0 aromatic heterocycles. The fourth-order valence-corrected chi connectivity index (χ4v) is 6.55. The van der Waals surface area contributed by atoms with Crippen molar-refractivity contribution in [2.24, 2.45) is 0 Å². The Morgan fingerprint density at radius 2 is 0.486 bits per heavy atom. The summed E-state index contributed by atoms with van der Waals surface area (Å²) < 4.78 is 0. The highest BCUT2D eigenvalue weighted by molar-refractivity contribution is 6.28. The van der Waals surface area contributed by atoms with Gasteiger partial charge >= 0.3 is 0 Å². The van der Waals surface area contributed by atoms with Gasteiger partial charge in [-0.3, -0.25) is 0 Å². The third-order valence-corrected chi connectivity index (χ3v) is 8.09. The van der Waals surface area contributed by atoms with Gasteiger partial charge in [-0.25, -0.2) is 0 Å². The zero-order chi connectivity index (χ0) is 24.3. The van der Waals surface area contributed by atoms with Crippen molar-refractivity contribution in [2.75, 3.05) is 0 Å². The molecule has 0 atom stereocenters. The molecule has 0 N–H and O–H groups in total. The molecule has 172 valence electrons. The van der Waals surface area contributed by atoms with Crippen LogP contribution in [0.1, 0.15) is 11.1 Å². The van der Waals surface area contributed by atoms with Crippen LogP contribution in [0.2, 0.25) is 0 Å². The molecule has 0 saturated heterocycles. The van der Waals surface area contributed by atoms with Crippen LogP contribution >= 0.6 is 0 Å². The lowest BCUT2D eigenvalue weighted by atomic mass is 9.95. The van der Waals surface area contributed by atoms with Crippen LogP contribution in [-0.2, 0) is 6.42 Å². The maximum atomic E-state index is 2.27. The van der Waals surface area contributed by atoms with Gasteiger partial charge in [-0.05, 0) is 82.2 Å². The fourth-order valence-electron chi connectivity index (χ4n) is 6.55. The van der Waals surface area contributed by atoms with Gasteiger partial charge in [-0.1, -0.05) is 133 Å². The Kier molecular flexibility index (Phi) is 4.39. The second kappa shape index (κ2) is 7.91. The minimum absolute atomic E-state index is 1.08. The van der Waals surface area contributed by atoms with Crippen LogP contribution in [0.4, 0.5) is 0 Å². The molecule has 0 unspecified atom stereocenters. The maximum absolute atomic E-state index is 2.27. The summed E-state index contributed by atoms with van der Waals surface area (Å²) >= 11 is 0. The smallest absolute Gasteiger partial charge is 0.00130 e. The first-order valence-electron chi connectivity index (χ1n) is 13.0. The molecule has 0 radical (unpaired) electrons. The van der Waals surface area contributed by atoms with E-state index in [9.17, 15) is 0 Å². The lowest BCUT2D eigenvalue weighted by Crippen LogP contribution is -1.82. The van der Waals surface area contributed by atoms with E-state index in [1.807, 2.05) is 0 Å². The van der Waals surface area contributed by atoms with Crippen molar-refractivity contribution in [3.63, 3.8) is 0 Å². The summed E-state index contributed by atoms with van der Waals surface area (Å²) in [6, 6.07) is 48.2. The summed E-state index contributed by atoms with van der Waals surface area (Å²) in [5.41, 5.74) is 2.96. The minimum atomic E-state index is 1.08. The molecule has 0 aliphatic heterocycles. The normalized spacial score (nSPS) is 12.2. The van der Waals surface area contributed by atoms with Gasteiger partial charge in [0.2, 0.25) is 0 Å². The van der Waals surface area contributed by atoms with Crippen LogP contribution in [0.15, 0.2) is 133 Å². The van der Waals surface area contributed by atoms with Crippen molar-refractivity contribution in [3.8, 4) is 0 Å². The summed E-state index contributed by atoms with van der Waals surface area (Å²) in [7, 11) is 0. The van der Waals surface area contributed by atoms with Gasteiger partial charge in [0.25, 0.3) is 0 Å². The molecular formula is C37H24. The van der Waals surface area contributed by atoms with Crippen molar-refractivity contribution in [3.05, 3.63) is 145 Å². The predicted octanol–water partition coefficient (Wildman–Crippen LogP) is 10.2. The van der Waals surface area contributed by atoms with Gasteiger partial charge in [-0.2, -0.15) is 0 Å². The fraction of sp³-hybridized carbons (Fsp3) is 0.0270. The summed E-state index contributed by atoms with van der Waals surface area (Å²) in [5.74, 6) is 0. The lowest BCUT2D eigenvalue weighted by Gasteiger charge is -2.09. The van der Waals surface area contributed by atoms with Crippen LogP contribution in [0, 0.1) is 0 Å². The third kappa shape index (κ3) is 2.96. The highest BCUT2D eigenvalue weighted by Gasteiger charge is 2.19. The highest BCUT2D eigenvalue weighted by Crippen LogP contribution is 2.43. The second-order valence-corrected chi connectivity index (χ2v) is 10.0. The van der Waals surface area contributed by atoms with Crippen LogP contribution in [0.25, 0.3) is 64.6 Å². The van der Waals surface area contributed by atoms with Crippen molar-refractivity contribution < 1.29 is 0 Å². The zero-order valence-electron chi connectivity index (χ0n) is 20.4. The molecule has 0 amide bonds. The summed E-state index contributed by atoms with van der Waals surface area (Å²) in [5, 5.41) is 16.6. The van der Waals surface area contributed by atoms with Gasteiger partial charge in [0.05, 0.1) is 0 Å². The van der Waals surface area contributed by atoms with Gasteiger partial charge in [0.15, 0.2) is 0 Å². The topological polar surface area (TPSA) is 0 Å². The molecule has 0 bridgehead atoms. The molecule has 0 nitrogen and oxygen atoms in total. The third-order valence-electron chi connectivity index (χ3n) is 8.09. The van der Waals surface area contributed by atoms with Gasteiger partial charge in [0, 0.05) is 0 Å². The number of fused-ring (bicyclic) bond motifs is 9. The quantitative estimate of drug-likeness (QED) is 0.194. The van der Waals surface area contributed by atoms with E-state index in [1.165, 1.54) is 75.8 Å². The molecule has 0 heteroatoms. The van der Waals surface area contributed by atoms with Crippen LogP contribution in [0.5, 0.6) is 0 Å². The molecule has 0 spiro atoms. The van der Waals surface area contributed by atoms with Crippen molar-refractivity contribution in [1.82, 2.24) is 0 Å². The Bertz CT molecular complexity index is 1860. The first-order valence-corrected chi connectivity index (χ1v) is 13.0. The second-order valence-electron chi connectivity index (χ2n) is 10.0. The number of hydrogen-bond donors (Lipinski definition) is 0. The van der Waals surface area contributed by atoms with E-state index in [0.717, 1.165) is 6.42 Å². The number of benzene rings is 8. The Balaban J connectivity index is 0.000000117. The van der Waals surface area contributed by atoms with Gasteiger partial charge in [-0.15, -0.1) is 0 Å². The Morgan fingerprint density at radius 1 is 0.243 bits per heavy atom.